The van der Waals surface area contributed by atoms with Gasteiger partial charge in [-0.25, -0.2) is 0 Å². The lowest BCUT2D eigenvalue weighted by atomic mass is 10.00. The van der Waals surface area contributed by atoms with Crippen molar-refractivity contribution in [2.45, 2.75) is 39.5 Å². The minimum Gasteiger partial charge on any atom is -0.494 e. The molecule has 0 atom stereocenters. The third kappa shape index (κ3) is 7.21. The molecule has 198 valence electrons. The molecule has 37 heavy (non-hydrogen) atoms. The largest absolute Gasteiger partial charge is 0.494 e. The van der Waals surface area contributed by atoms with Crippen LogP contribution in [0.2, 0.25) is 5.02 Å². The van der Waals surface area contributed by atoms with Gasteiger partial charge >= 0.3 is 0 Å². The van der Waals surface area contributed by atoms with E-state index in [0.717, 1.165) is 57.6 Å². The molecular weight excluding hydrogens is 510 g/mol. The molecule has 0 saturated carbocycles. The fourth-order valence-electron chi connectivity index (χ4n) is 4.58. The Kier molecular flexibility index (Phi) is 9.77. The summed E-state index contributed by atoms with van der Waals surface area (Å²) >= 11 is 7.56. The highest BCUT2D eigenvalue weighted by atomic mass is 35.5. The summed E-state index contributed by atoms with van der Waals surface area (Å²) in [7, 11) is 0. The summed E-state index contributed by atoms with van der Waals surface area (Å²) in [5.41, 5.74) is 4.47. The quantitative estimate of drug-likeness (QED) is 0.223. The number of hydrogen-bond donors (Lipinski definition) is 3. The van der Waals surface area contributed by atoms with Gasteiger partial charge in [0.15, 0.2) is 0 Å². The number of carbonyl (C=O) groups excluding carboxylic acids is 2. The van der Waals surface area contributed by atoms with E-state index >= 15 is 0 Å². The molecule has 1 aliphatic heterocycles. The standard InChI is InChI=1S/C28H34ClN3O4S/c1-18-16-21(17-19(2)25(18)29)36-12-5-7-23-22-6-3-4-8-24(22)31-26(23)28(34)32-37-15-11-30-27(33)20-9-13-35-14-10-20/h3-4,6,8,16-17,20,31H,5,7,9-15H2,1-2H3,(H,30,33)(H,32,34). The highest BCUT2D eigenvalue weighted by Crippen LogP contribution is 2.27. The predicted molar refractivity (Wildman–Crippen MR) is 150 cm³/mol. The van der Waals surface area contributed by atoms with Gasteiger partial charge in [0.25, 0.3) is 5.91 Å². The van der Waals surface area contributed by atoms with Gasteiger partial charge in [0.1, 0.15) is 11.4 Å². The lowest BCUT2D eigenvalue weighted by molar-refractivity contribution is -0.127. The number of aryl methyl sites for hydroxylation is 3. The van der Waals surface area contributed by atoms with Crippen LogP contribution in [-0.4, -0.2) is 48.9 Å². The molecule has 1 aromatic heterocycles. The highest BCUT2D eigenvalue weighted by Gasteiger charge is 2.21. The van der Waals surface area contributed by atoms with Crippen molar-refractivity contribution in [2.75, 3.05) is 32.1 Å². The Morgan fingerprint density at radius 1 is 1.16 bits per heavy atom. The van der Waals surface area contributed by atoms with Crippen molar-refractivity contribution < 1.29 is 19.1 Å². The van der Waals surface area contributed by atoms with Crippen LogP contribution < -0.4 is 14.8 Å². The average Bonchev–Trinajstić information content (AvgIpc) is 3.28. The molecule has 0 aliphatic carbocycles. The van der Waals surface area contributed by atoms with Crippen LogP contribution in [0.25, 0.3) is 10.9 Å². The van der Waals surface area contributed by atoms with E-state index < -0.39 is 0 Å². The zero-order valence-electron chi connectivity index (χ0n) is 21.3. The summed E-state index contributed by atoms with van der Waals surface area (Å²) in [5.74, 6) is 1.32. The zero-order chi connectivity index (χ0) is 26.2. The number of benzene rings is 2. The Bertz CT molecular complexity index is 1220. The zero-order valence-corrected chi connectivity index (χ0v) is 22.9. The molecule has 0 radical (unpaired) electrons. The fourth-order valence-corrected chi connectivity index (χ4v) is 5.23. The minimum atomic E-state index is -0.170. The van der Waals surface area contributed by atoms with Crippen LogP contribution in [0.3, 0.4) is 0 Å². The molecule has 1 aliphatic rings. The Morgan fingerprint density at radius 2 is 1.89 bits per heavy atom. The second kappa shape index (κ2) is 13.2. The first kappa shape index (κ1) is 27.4. The molecule has 2 amide bonds. The number of rotatable bonds is 11. The summed E-state index contributed by atoms with van der Waals surface area (Å²) < 4.78 is 14.2. The van der Waals surface area contributed by atoms with Crippen LogP contribution in [0.4, 0.5) is 0 Å². The number of H-pyrrole nitrogens is 1. The maximum absolute atomic E-state index is 13.0. The van der Waals surface area contributed by atoms with E-state index in [1.807, 2.05) is 50.2 Å². The van der Waals surface area contributed by atoms with Crippen molar-refractivity contribution >= 4 is 46.3 Å². The average molecular weight is 544 g/mol. The van der Waals surface area contributed by atoms with Crippen LogP contribution in [0, 0.1) is 19.8 Å². The van der Waals surface area contributed by atoms with E-state index in [-0.39, 0.29) is 17.7 Å². The predicted octanol–water partition coefficient (Wildman–Crippen LogP) is 5.37. The van der Waals surface area contributed by atoms with E-state index in [4.69, 9.17) is 21.1 Å². The summed E-state index contributed by atoms with van der Waals surface area (Å²) in [6.45, 7) is 6.25. The second-order valence-electron chi connectivity index (χ2n) is 9.30. The van der Waals surface area contributed by atoms with Gasteiger partial charge in [-0.1, -0.05) is 29.8 Å². The number of amides is 2. The second-order valence-corrected chi connectivity index (χ2v) is 10.6. The Labute approximate surface area is 227 Å². The lowest BCUT2D eigenvalue weighted by Gasteiger charge is -2.21. The molecule has 0 spiro atoms. The summed E-state index contributed by atoms with van der Waals surface area (Å²) in [6, 6.07) is 11.8. The van der Waals surface area contributed by atoms with E-state index in [9.17, 15) is 9.59 Å². The van der Waals surface area contributed by atoms with Crippen LogP contribution >= 0.6 is 23.5 Å². The van der Waals surface area contributed by atoms with Gasteiger partial charge < -0.3 is 19.8 Å². The molecule has 2 heterocycles. The lowest BCUT2D eigenvalue weighted by Crippen LogP contribution is -2.35. The van der Waals surface area contributed by atoms with Gasteiger partial charge in [0.2, 0.25) is 5.91 Å². The molecule has 9 heteroatoms. The molecule has 0 bridgehead atoms. The SMILES string of the molecule is Cc1cc(OCCCc2c(C(=O)NSCCNC(=O)C3CCOCC3)[nH]c3ccccc23)cc(C)c1Cl. The van der Waals surface area contributed by atoms with Crippen molar-refractivity contribution in [1.82, 2.24) is 15.0 Å². The number of nitrogens with one attached hydrogen (secondary N) is 3. The molecule has 3 N–H and O–H groups in total. The van der Waals surface area contributed by atoms with E-state index in [0.29, 0.717) is 44.2 Å². The van der Waals surface area contributed by atoms with Gasteiger partial charge in [0.05, 0.1) is 6.61 Å². The van der Waals surface area contributed by atoms with E-state index in [1.165, 1.54) is 11.9 Å². The molecule has 1 saturated heterocycles. The molecule has 3 aromatic rings. The number of para-hydroxylation sites is 1. The van der Waals surface area contributed by atoms with Crippen molar-refractivity contribution in [1.29, 1.82) is 0 Å². The van der Waals surface area contributed by atoms with Gasteiger partial charge in [0, 0.05) is 47.4 Å². The molecular formula is C28H34ClN3O4S. The summed E-state index contributed by atoms with van der Waals surface area (Å²) in [4.78, 5) is 28.6. The van der Waals surface area contributed by atoms with Crippen molar-refractivity contribution in [3.63, 3.8) is 0 Å². The Hall–Kier alpha value is -2.68. The van der Waals surface area contributed by atoms with E-state index in [2.05, 4.69) is 15.0 Å². The van der Waals surface area contributed by atoms with E-state index in [1.54, 1.807) is 0 Å². The van der Waals surface area contributed by atoms with Gasteiger partial charge in [-0.15, -0.1) is 0 Å². The molecule has 2 aromatic carbocycles. The molecule has 7 nitrogen and oxygen atoms in total. The topological polar surface area (TPSA) is 92.5 Å². The number of fused-ring (bicyclic) bond motifs is 1. The van der Waals surface area contributed by atoms with Gasteiger partial charge in [-0.05, 0) is 86.4 Å². The third-order valence-electron chi connectivity index (χ3n) is 6.55. The van der Waals surface area contributed by atoms with Crippen LogP contribution in [0.5, 0.6) is 5.75 Å². The fraction of sp³-hybridized carbons (Fsp3) is 0.429. The molecule has 4 rings (SSSR count). The maximum Gasteiger partial charge on any atom is 0.277 e. The number of aromatic nitrogens is 1. The van der Waals surface area contributed by atoms with Crippen molar-refractivity contribution in [2.24, 2.45) is 5.92 Å². The Morgan fingerprint density at radius 3 is 2.65 bits per heavy atom. The molecule has 1 fully saturated rings. The first-order chi connectivity index (χ1) is 17.9. The molecule has 0 unspecified atom stereocenters. The van der Waals surface area contributed by atoms with Crippen molar-refractivity contribution in [3.8, 4) is 5.75 Å². The van der Waals surface area contributed by atoms with Gasteiger partial charge in [-0.3, -0.25) is 14.3 Å². The van der Waals surface area contributed by atoms with Crippen molar-refractivity contribution in [3.05, 3.63) is 63.8 Å². The smallest absolute Gasteiger partial charge is 0.277 e. The number of aromatic amines is 1. The minimum absolute atomic E-state index is 0.0268. The Balaban J connectivity index is 1.29. The number of ether oxygens (including phenoxy) is 2. The van der Waals surface area contributed by atoms with Crippen LogP contribution in [0.15, 0.2) is 36.4 Å². The first-order valence-corrected chi connectivity index (χ1v) is 14.1. The van der Waals surface area contributed by atoms with Crippen LogP contribution in [-0.2, 0) is 16.0 Å². The van der Waals surface area contributed by atoms with Gasteiger partial charge in [-0.2, -0.15) is 0 Å². The normalized spacial score (nSPS) is 14.0. The third-order valence-corrected chi connectivity index (χ3v) is 7.88. The maximum atomic E-state index is 13.0. The first-order valence-electron chi connectivity index (χ1n) is 12.7. The summed E-state index contributed by atoms with van der Waals surface area (Å²) in [6.07, 6.45) is 2.99. The number of hydrogen-bond acceptors (Lipinski definition) is 5. The number of halogens is 1. The van der Waals surface area contributed by atoms with Crippen LogP contribution in [0.1, 0.15) is 46.4 Å². The summed E-state index contributed by atoms with van der Waals surface area (Å²) in [5, 5.41) is 4.77. The number of carbonyl (C=O) groups is 2. The monoisotopic (exact) mass is 543 g/mol. The highest BCUT2D eigenvalue weighted by molar-refractivity contribution is 7.97.